The van der Waals surface area contributed by atoms with Crippen LogP contribution in [0.15, 0.2) is 16.6 Å². The van der Waals surface area contributed by atoms with Crippen molar-refractivity contribution in [2.24, 2.45) is 5.73 Å². The average molecular weight is 246 g/mol. The lowest BCUT2D eigenvalue weighted by Gasteiger charge is -2.11. The topological polar surface area (TPSA) is 46.2 Å². The first-order valence-corrected chi connectivity index (χ1v) is 4.80. The second-order valence-electron chi connectivity index (χ2n) is 3.44. The molecule has 2 nitrogen and oxygen atoms in total. The summed E-state index contributed by atoms with van der Waals surface area (Å²) >= 11 is 2.99. The summed E-state index contributed by atoms with van der Waals surface area (Å²) in [6.45, 7) is 0. The van der Waals surface area contributed by atoms with Gasteiger partial charge in [-0.25, -0.2) is 4.39 Å². The number of aromatic hydroxyl groups is 1. The monoisotopic (exact) mass is 245 g/mol. The van der Waals surface area contributed by atoms with E-state index in [0.29, 0.717) is 5.56 Å². The van der Waals surface area contributed by atoms with E-state index in [4.69, 9.17) is 5.73 Å². The van der Waals surface area contributed by atoms with Gasteiger partial charge in [-0.2, -0.15) is 0 Å². The first kappa shape index (κ1) is 8.97. The first-order chi connectivity index (χ1) is 6.03. The Bertz CT molecular complexity index is 363. The molecule has 4 heteroatoms. The Hall–Kier alpha value is -0.610. The molecule has 0 bridgehead atoms. The molecule has 0 radical (unpaired) electrons. The number of phenols is 1. The predicted octanol–water partition coefficient (Wildman–Crippen LogP) is 2.24. The van der Waals surface area contributed by atoms with Crippen LogP contribution in [0.3, 0.4) is 0 Å². The number of halogens is 2. The second kappa shape index (κ2) is 2.69. The van der Waals surface area contributed by atoms with Gasteiger partial charge in [0, 0.05) is 11.1 Å². The summed E-state index contributed by atoms with van der Waals surface area (Å²) in [5.41, 5.74) is 5.86. The van der Waals surface area contributed by atoms with E-state index >= 15 is 0 Å². The molecule has 2 rings (SSSR count). The minimum Gasteiger partial charge on any atom is -0.508 e. The van der Waals surface area contributed by atoms with Crippen molar-refractivity contribution in [2.45, 2.75) is 18.4 Å². The molecule has 0 aliphatic heterocycles. The molecule has 0 amide bonds. The van der Waals surface area contributed by atoms with Crippen molar-refractivity contribution in [3.05, 3.63) is 28.0 Å². The predicted molar refractivity (Wildman–Crippen MR) is 50.9 cm³/mol. The SMILES string of the molecule is NC1(c2cc(F)c(Br)cc2O)CC1. The van der Waals surface area contributed by atoms with Crippen molar-refractivity contribution in [3.8, 4) is 5.75 Å². The molecule has 0 unspecified atom stereocenters. The van der Waals surface area contributed by atoms with Gasteiger partial charge in [0.2, 0.25) is 0 Å². The van der Waals surface area contributed by atoms with Crippen LogP contribution in [0.25, 0.3) is 0 Å². The van der Waals surface area contributed by atoms with Crippen molar-refractivity contribution in [1.29, 1.82) is 0 Å². The molecular weight excluding hydrogens is 237 g/mol. The van der Waals surface area contributed by atoms with Crippen LogP contribution in [0.4, 0.5) is 4.39 Å². The smallest absolute Gasteiger partial charge is 0.137 e. The summed E-state index contributed by atoms with van der Waals surface area (Å²) in [6, 6.07) is 2.64. The lowest BCUT2D eigenvalue weighted by Crippen LogP contribution is -2.19. The molecule has 1 aliphatic rings. The molecule has 0 atom stereocenters. The summed E-state index contributed by atoms with van der Waals surface area (Å²) in [5.74, 6) is -0.321. The molecule has 13 heavy (non-hydrogen) atoms. The molecule has 70 valence electrons. The molecule has 0 saturated heterocycles. The molecule has 0 heterocycles. The van der Waals surface area contributed by atoms with Crippen LogP contribution in [0.2, 0.25) is 0 Å². The fourth-order valence-electron chi connectivity index (χ4n) is 1.34. The van der Waals surface area contributed by atoms with Crippen LogP contribution < -0.4 is 5.73 Å². The minimum atomic E-state index is -0.494. The molecule has 1 aromatic rings. The standard InChI is InChI=1S/C9H9BrFNO/c10-6-4-8(13)5(3-7(6)11)9(12)1-2-9/h3-4,13H,1-2,12H2. The third kappa shape index (κ3) is 1.44. The summed E-state index contributed by atoms with van der Waals surface area (Å²) in [7, 11) is 0. The van der Waals surface area contributed by atoms with Gasteiger partial charge in [-0.3, -0.25) is 0 Å². The van der Waals surface area contributed by atoms with Gasteiger partial charge in [0.1, 0.15) is 11.6 Å². The van der Waals surface area contributed by atoms with E-state index in [1.54, 1.807) is 0 Å². The lowest BCUT2D eigenvalue weighted by molar-refractivity contribution is 0.455. The van der Waals surface area contributed by atoms with Gasteiger partial charge < -0.3 is 10.8 Å². The van der Waals surface area contributed by atoms with Crippen LogP contribution >= 0.6 is 15.9 Å². The third-order valence-corrected chi connectivity index (χ3v) is 2.97. The Morgan fingerprint density at radius 2 is 2.08 bits per heavy atom. The van der Waals surface area contributed by atoms with E-state index in [1.165, 1.54) is 12.1 Å². The van der Waals surface area contributed by atoms with Crippen LogP contribution in [-0.4, -0.2) is 5.11 Å². The maximum absolute atomic E-state index is 13.1. The van der Waals surface area contributed by atoms with Gasteiger partial charge in [0.25, 0.3) is 0 Å². The van der Waals surface area contributed by atoms with E-state index in [1.807, 2.05) is 0 Å². The van der Waals surface area contributed by atoms with E-state index in [0.717, 1.165) is 12.8 Å². The molecule has 1 aliphatic carbocycles. The van der Waals surface area contributed by atoms with Crippen molar-refractivity contribution in [1.82, 2.24) is 0 Å². The fraction of sp³-hybridized carbons (Fsp3) is 0.333. The highest BCUT2D eigenvalue weighted by Crippen LogP contribution is 2.47. The Kier molecular flexibility index (Phi) is 1.85. The molecule has 1 saturated carbocycles. The van der Waals surface area contributed by atoms with Crippen molar-refractivity contribution in [3.63, 3.8) is 0 Å². The highest BCUT2D eigenvalue weighted by molar-refractivity contribution is 9.10. The lowest BCUT2D eigenvalue weighted by atomic mass is 10.0. The number of phenolic OH excluding ortho intramolecular Hbond substituents is 1. The highest BCUT2D eigenvalue weighted by atomic mass is 79.9. The van der Waals surface area contributed by atoms with E-state index < -0.39 is 5.54 Å². The number of hydrogen-bond acceptors (Lipinski definition) is 2. The molecule has 0 aromatic heterocycles. The molecule has 1 fully saturated rings. The number of rotatable bonds is 1. The van der Waals surface area contributed by atoms with Gasteiger partial charge in [0.15, 0.2) is 0 Å². The summed E-state index contributed by atoms with van der Waals surface area (Å²) in [6.07, 6.45) is 1.61. The summed E-state index contributed by atoms with van der Waals surface area (Å²) < 4.78 is 13.4. The zero-order valence-electron chi connectivity index (χ0n) is 6.85. The zero-order chi connectivity index (χ0) is 9.64. The maximum atomic E-state index is 13.1. The van der Waals surface area contributed by atoms with Gasteiger partial charge in [-0.1, -0.05) is 0 Å². The highest BCUT2D eigenvalue weighted by Gasteiger charge is 2.42. The number of nitrogens with two attached hydrogens (primary N) is 1. The van der Waals surface area contributed by atoms with E-state index in [9.17, 15) is 9.50 Å². The van der Waals surface area contributed by atoms with E-state index in [-0.39, 0.29) is 16.0 Å². The first-order valence-electron chi connectivity index (χ1n) is 4.00. The maximum Gasteiger partial charge on any atom is 0.137 e. The zero-order valence-corrected chi connectivity index (χ0v) is 8.44. The second-order valence-corrected chi connectivity index (χ2v) is 4.29. The van der Waals surface area contributed by atoms with Crippen molar-refractivity contribution >= 4 is 15.9 Å². The summed E-state index contributed by atoms with van der Waals surface area (Å²) in [5, 5.41) is 9.51. The normalized spacial score (nSPS) is 18.7. The quantitative estimate of drug-likeness (QED) is 0.798. The minimum absolute atomic E-state index is 0.0632. The number of benzene rings is 1. The average Bonchev–Trinajstić information content (AvgIpc) is 2.77. The number of hydrogen-bond donors (Lipinski definition) is 2. The fourth-order valence-corrected chi connectivity index (χ4v) is 1.67. The Labute approximate surface area is 83.7 Å². The van der Waals surface area contributed by atoms with Gasteiger partial charge >= 0.3 is 0 Å². The van der Waals surface area contributed by atoms with Crippen molar-refractivity contribution in [2.75, 3.05) is 0 Å². The Morgan fingerprint density at radius 3 is 2.62 bits per heavy atom. The molecule has 1 aromatic carbocycles. The van der Waals surface area contributed by atoms with Gasteiger partial charge in [-0.15, -0.1) is 0 Å². The van der Waals surface area contributed by atoms with Gasteiger partial charge in [0.05, 0.1) is 4.47 Å². The van der Waals surface area contributed by atoms with Crippen LogP contribution in [-0.2, 0) is 5.54 Å². The molecule has 3 N–H and O–H groups in total. The summed E-state index contributed by atoms with van der Waals surface area (Å²) in [4.78, 5) is 0. The molecule has 0 spiro atoms. The van der Waals surface area contributed by atoms with Gasteiger partial charge in [-0.05, 0) is 40.9 Å². The molecular formula is C9H9BrFNO. The van der Waals surface area contributed by atoms with E-state index in [2.05, 4.69) is 15.9 Å². The third-order valence-electron chi connectivity index (χ3n) is 2.36. The van der Waals surface area contributed by atoms with Crippen LogP contribution in [0, 0.1) is 5.82 Å². The van der Waals surface area contributed by atoms with Crippen molar-refractivity contribution < 1.29 is 9.50 Å². The Morgan fingerprint density at radius 1 is 1.46 bits per heavy atom. The van der Waals surface area contributed by atoms with Crippen LogP contribution in [0.1, 0.15) is 18.4 Å². The Balaban J connectivity index is 2.52. The largest absolute Gasteiger partial charge is 0.508 e. The van der Waals surface area contributed by atoms with Crippen LogP contribution in [0.5, 0.6) is 5.75 Å².